The molecule has 0 saturated carbocycles. The fourth-order valence-electron chi connectivity index (χ4n) is 3.96. The van der Waals surface area contributed by atoms with Crippen molar-refractivity contribution in [3.8, 4) is 20.9 Å². The van der Waals surface area contributed by atoms with Crippen molar-refractivity contribution in [2.45, 2.75) is 0 Å². The van der Waals surface area contributed by atoms with E-state index in [1.165, 1.54) is 0 Å². The highest BCUT2D eigenvalue weighted by Gasteiger charge is 2.38. The van der Waals surface area contributed by atoms with Crippen molar-refractivity contribution in [1.29, 1.82) is 0 Å². The van der Waals surface area contributed by atoms with Gasteiger partial charge >= 0.3 is 11.4 Å². The molecular weight excluding hydrogens is 412 g/mol. The molecule has 0 fully saturated rings. The summed E-state index contributed by atoms with van der Waals surface area (Å²) in [7, 11) is 0. The molecular formula is C24H14N2O4S. The van der Waals surface area contributed by atoms with Crippen LogP contribution in [-0.4, -0.2) is 9.85 Å². The van der Waals surface area contributed by atoms with E-state index >= 15 is 0 Å². The fourth-order valence-corrected chi connectivity index (χ4v) is 5.28. The summed E-state index contributed by atoms with van der Waals surface area (Å²) in [4.78, 5) is 23.4. The molecule has 0 spiro atoms. The highest BCUT2D eigenvalue weighted by molar-refractivity contribution is 7.20. The summed E-state index contributed by atoms with van der Waals surface area (Å²) >= 11 is 1.10. The number of nitro groups is 2. The predicted molar refractivity (Wildman–Crippen MR) is 124 cm³/mol. The summed E-state index contributed by atoms with van der Waals surface area (Å²) in [5.41, 5.74) is 0.303. The van der Waals surface area contributed by atoms with E-state index in [4.69, 9.17) is 0 Å². The number of nitrogens with zero attached hydrogens (tertiary/aromatic N) is 2. The second-order valence-corrected chi connectivity index (χ2v) is 8.05. The minimum absolute atomic E-state index is 0.288. The predicted octanol–water partition coefficient (Wildman–Crippen LogP) is 7.20. The van der Waals surface area contributed by atoms with Gasteiger partial charge in [0.25, 0.3) is 0 Å². The summed E-state index contributed by atoms with van der Waals surface area (Å²) in [6.07, 6.45) is 0. The van der Waals surface area contributed by atoms with Gasteiger partial charge in [-0.2, -0.15) is 0 Å². The van der Waals surface area contributed by atoms with Crippen molar-refractivity contribution in [1.82, 2.24) is 0 Å². The molecule has 6 nitrogen and oxygen atoms in total. The zero-order valence-electron chi connectivity index (χ0n) is 16.0. The Bertz CT molecular complexity index is 1380. The summed E-state index contributed by atoms with van der Waals surface area (Å²) in [6.45, 7) is 0. The molecule has 5 aromatic rings. The summed E-state index contributed by atoms with van der Waals surface area (Å²) in [6, 6.07) is 26.1. The van der Waals surface area contributed by atoms with Gasteiger partial charge < -0.3 is 0 Å². The lowest BCUT2D eigenvalue weighted by Crippen LogP contribution is -1.96. The average Bonchev–Trinajstić information content (AvgIpc) is 3.19. The number of hydrogen-bond acceptors (Lipinski definition) is 5. The SMILES string of the molecule is O=[N+]([O-])c1c(-c2cccc3ccccc23)sc(-c2cccc3ccccc23)c1[N+](=O)[O-]. The van der Waals surface area contributed by atoms with Crippen LogP contribution in [0.1, 0.15) is 0 Å². The van der Waals surface area contributed by atoms with E-state index in [9.17, 15) is 20.2 Å². The largest absolute Gasteiger partial charge is 0.365 e. The maximum Gasteiger partial charge on any atom is 0.365 e. The van der Waals surface area contributed by atoms with Crippen LogP contribution in [0, 0.1) is 20.2 Å². The Labute approximate surface area is 180 Å². The summed E-state index contributed by atoms with van der Waals surface area (Å²) in [5.74, 6) is 0. The molecule has 0 aliphatic carbocycles. The quantitative estimate of drug-likeness (QED) is 0.224. The van der Waals surface area contributed by atoms with Crippen LogP contribution in [-0.2, 0) is 0 Å². The van der Waals surface area contributed by atoms with Crippen LogP contribution in [0.5, 0.6) is 0 Å². The smallest absolute Gasteiger partial charge is 0.258 e. The molecule has 0 aliphatic rings. The highest BCUT2D eigenvalue weighted by Crippen LogP contribution is 2.53. The Morgan fingerprint density at radius 2 is 0.935 bits per heavy atom. The normalized spacial score (nSPS) is 11.1. The van der Waals surface area contributed by atoms with Crippen LogP contribution in [0.3, 0.4) is 0 Å². The van der Waals surface area contributed by atoms with Crippen LogP contribution in [0.15, 0.2) is 84.9 Å². The minimum atomic E-state index is -0.639. The Kier molecular flexibility index (Phi) is 4.45. The molecule has 0 radical (unpaired) electrons. The van der Waals surface area contributed by atoms with E-state index in [0.29, 0.717) is 11.1 Å². The number of thiophene rings is 1. The van der Waals surface area contributed by atoms with E-state index in [-0.39, 0.29) is 9.75 Å². The zero-order chi connectivity index (χ0) is 21.5. The van der Waals surface area contributed by atoms with Crippen molar-refractivity contribution in [3.05, 3.63) is 105 Å². The van der Waals surface area contributed by atoms with E-state index in [1.54, 1.807) is 12.1 Å². The molecule has 7 heteroatoms. The maximum absolute atomic E-state index is 12.1. The van der Waals surface area contributed by atoms with Gasteiger partial charge in [0, 0.05) is 11.1 Å². The molecule has 4 aromatic carbocycles. The van der Waals surface area contributed by atoms with Gasteiger partial charge in [0.05, 0.1) is 9.85 Å². The topological polar surface area (TPSA) is 86.3 Å². The fraction of sp³-hybridized carbons (Fsp3) is 0. The Morgan fingerprint density at radius 1 is 0.548 bits per heavy atom. The number of fused-ring (bicyclic) bond motifs is 2. The van der Waals surface area contributed by atoms with Crippen LogP contribution in [0.2, 0.25) is 0 Å². The molecule has 1 heterocycles. The van der Waals surface area contributed by atoms with Crippen molar-refractivity contribution in [2.24, 2.45) is 0 Å². The standard InChI is InChI=1S/C24H14N2O4S/c27-25(28)21-22(26(29)30)24(20-14-6-10-16-8-2-4-12-18(16)20)31-23(21)19-13-5-9-15-7-1-3-11-17(15)19/h1-14H. The highest BCUT2D eigenvalue weighted by atomic mass is 32.1. The summed E-state index contributed by atoms with van der Waals surface area (Å²) in [5, 5.41) is 27.6. The lowest BCUT2D eigenvalue weighted by atomic mass is 10.0. The number of benzene rings is 4. The molecule has 5 rings (SSSR count). The first-order valence-corrected chi connectivity index (χ1v) is 10.3. The average molecular weight is 426 g/mol. The van der Waals surface area contributed by atoms with Crippen LogP contribution in [0.4, 0.5) is 11.4 Å². The first-order valence-electron chi connectivity index (χ1n) is 9.48. The molecule has 0 atom stereocenters. The van der Waals surface area contributed by atoms with E-state index < -0.39 is 21.2 Å². The lowest BCUT2D eigenvalue weighted by Gasteiger charge is -2.04. The van der Waals surface area contributed by atoms with Gasteiger partial charge in [-0.25, -0.2) is 0 Å². The Morgan fingerprint density at radius 3 is 1.35 bits per heavy atom. The molecule has 0 aliphatic heterocycles. The molecule has 0 unspecified atom stereocenters. The van der Waals surface area contributed by atoms with Crippen LogP contribution < -0.4 is 0 Å². The van der Waals surface area contributed by atoms with Gasteiger partial charge in [-0.15, -0.1) is 11.3 Å². The maximum atomic E-state index is 12.1. The minimum Gasteiger partial charge on any atom is -0.258 e. The number of rotatable bonds is 4. The molecule has 1 aromatic heterocycles. The van der Waals surface area contributed by atoms with Gasteiger partial charge in [-0.05, 0) is 21.5 Å². The monoisotopic (exact) mass is 426 g/mol. The third-order valence-electron chi connectivity index (χ3n) is 5.29. The molecule has 31 heavy (non-hydrogen) atoms. The zero-order valence-corrected chi connectivity index (χ0v) is 16.8. The lowest BCUT2D eigenvalue weighted by molar-refractivity contribution is -0.420. The molecule has 0 amide bonds. The molecule has 0 bridgehead atoms. The first-order chi connectivity index (χ1) is 15.1. The van der Waals surface area contributed by atoms with Gasteiger partial charge in [-0.1, -0.05) is 84.9 Å². The van der Waals surface area contributed by atoms with Gasteiger partial charge in [-0.3, -0.25) is 20.2 Å². The molecule has 0 saturated heterocycles. The molecule has 150 valence electrons. The van der Waals surface area contributed by atoms with E-state index in [0.717, 1.165) is 32.9 Å². The van der Waals surface area contributed by atoms with Gasteiger partial charge in [0.1, 0.15) is 9.75 Å². The van der Waals surface area contributed by atoms with Crippen molar-refractivity contribution < 1.29 is 9.85 Å². The van der Waals surface area contributed by atoms with Crippen molar-refractivity contribution >= 4 is 44.3 Å². The van der Waals surface area contributed by atoms with Crippen LogP contribution >= 0.6 is 11.3 Å². The third-order valence-corrected chi connectivity index (χ3v) is 6.53. The number of hydrogen-bond donors (Lipinski definition) is 0. The third kappa shape index (κ3) is 3.03. The Balaban J connectivity index is 1.90. The molecule has 0 N–H and O–H groups in total. The van der Waals surface area contributed by atoms with Crippen LogP contribution in [0.25, 0.3) is 42.4 Å². The second kappa shape index (κ2) is 7.30. The van der Waals surface area contributed by atoms with Gasteiger partial charge in [0.15, 0.2) is 0 Å². The summed E-state index contributed by atoms with van der Waals surface area (Å²) < 4.78 is 0. The van der Waals surface area contributed by atoms with Gasteiger partial charge in [0.2, 0.25) is 0 Å². The van der Waals surface area contributed by atoms with Crippen molar-refractivity contribution in [2.75, 3.05) is 0 Å². The van der Waals surface area contributed by atoms with Crippen molar-refractivity contribution in [3.63, 3.8) is 0 Å². The Hall–Kier alpha value is -4.10. The first kappa shape index (κ1) is 18.9. The van der Waals surface area contributed by atoms with E-state index in [1.807, 2.05) is 72.8 Å². The second-order valence-electron chi connectivity index (χ2n) is 7.03. The van der Waals surface area contributed by atoms with E-state index in [2.05, 4.69) is 0 Å².